The highest BCUT2D eigenvalue weighted by molar-refractivity contribution is 6.30. The van der Waals surface area contributed by atoms with Gasteiger partial charge >= 0.3 is 0 Å². The number of nitrogens with one attached hydrogen (secondary N) is 2. The van der Waals surface area contributed by atoms with Gasteiger partial charge in [-0.3, -0.25) is 20.2 Å². The highest BCUT2D eigenvalue weighted by atomic mass is 35.5. The van der Waals surface area contributed by atoms with Crippen LogP contribution in [0.5, 0.6) is 11.5 Å². The van der Waals surface area contributed by atoms with Crippen molar-refractivity contribution in [2.24, 2.45) is 4.99 Å². The number of methoxy groups -OCH3 is 1. The van der Waals surface area contributed by atoms with Crippen LogP contribution >= 0.6 is 11.6 Å². The van der Waals surface area contributed by atoms with Gasteiger partial charge in [-0.05, 0) is 48.9 Å². The van der Waals surface area contributed by atoms with E-state index in [1.165, 1.54) is 0 Å². The minimum Gasteiger partial charge on any atom is -0.493 e. The molecule has 7 nitrogen and oxygen atoms in total. The van der Waals surface area contributed by atoms with E-state index in [9.17, 15) is 9.59 Å². The molecule has 2 amide bonds. The molecule has 2 N–H and O–H groups in total. The third-order valence-electron chi connectivity index (χ3n) is 4.13. The van der Waals surface area contributed by atoms with Crippen molar-refractivity contribution in [3.63, 3.8) is 0 Å². The Morgan fingerprint density at radius 1 is 1.25 bits per heavy atom. The maximum Gasteiger partial charge on any atom is 0.257 e. The van der Waals surface area contributed by atoms with Gasteiger partial charge in [0.25, 0.3) is 5.91 Å². The Bertz CT molecular complexity index is 912. The summed E-state index contributed by atoms with van der Waals surface area (Å²) in [5, 5.41) is 5.74. The molecule has 0 aliphatic carbocycles. The fourth-order valence-corrected chi connectivity index (χ4v) is 2.92. The van der Waals surface area contributed by atoms with Crippen molar-refractivity contribution < 1.29 is 19.1 Å². The first-order chi connectivity index (χ1) is 13.5. The molecular formula is C20H20ClN3O4. The SMILES string of the molecule is CCOc1ccc([C@H]2CC(=O)NC(NC(=O)c3ccc(Cl)cc3)=N2)cc1OC. The second kappa shape index (κ2) is 8.75. The van der Waals surface area contributed by atoms with Crippen molar-refractivity contribution in [3.05, 3.63) is 58.6 Å². The zero-order valence-electron chi connectivity index (χ0n) is 15.5. The molecule has 3 rings (SSSR count). The zero-order chi connectivity index (χ0) is 20.1. The standard InChI is InChI=1S/C20H20ClN3O4/c1-3-28-16-9-6-13(10-17(16)27-2)15-11-18(25)23-20(22-15)24-19(26)12-4-7-14(21)8-5-12/h4-10,15H,3,11H2,1-2H3,(H2,22,23,24,25,26)/t15-/m1/s1. The number of rotatable bonds is 5. The van der Waals surface area contributed by atoms with Crippen molar-refractivity contribution >= 4 is 29.4 Å². The minimum absolute atomic E-state index is 0.106. The molecule has 1 heterocycles. The van der Waals surface area contributed by atoms with Gasteiger partial charge in [0.15, 0.2) is 11.5 Å². The average molecular weight is 402 g/mol. The summed E-state index contributed by atoms with van der Waals surface area (Å²) in [5.74, 6) is 0.662. The van der Waals surface area contributed by atoms with Gasteiger partial charge in [0.2, 0.25) is 11.9 Å². The highest BCUT2D eigenvalue weighted by Crippen LogP contribution is 2.33. The lowest BCUT2D eigenvalue weighted by Crippen LogP contribution is -2.47. The maximum atomic E-state index is 12.4. The number of aliphatic imine (C=N–C) groups is 1. The van der Waals surface area contributed by atoms with Gasteiger partial charge in [-0.1, -0.05) is 17.7 Å². The van der Waals surface area contributed by atoms with Crippen LogP contribution in [0.15, 0.2) is 47.5 Å². The van der Waals surface area contributed by atoms with Gasteiger partial charge in [-0.25, -0.2) is 4.99 Å². The Hall–Kier alpha value is -3.06. The van der Waals surface area contributed by atoms with Gasteiger partial charge in [0.1, 0.15) is 0 Å². The Labute approximate surface area is 167 Å². The topological polar surface area (TPSA) is 89.0 Å². The van der Waals surface area contributed by atoms with E-state index < -0.39 is 6.04 Å². The molecular weight excluding hydrogens is 382 g/mol. The molecule has 0 unspecified atom stereocenters. The van der Waals surface area contributed by atoms with Crippen molar-refractivity contribution in [3.8, 4) is 11.5 Å². The summed E-state index contributed by atoms with van der Waals surface area (Å²) in [6.45, 7) is 2.40. The van der Waals surface area contributed by atoms with Gasteiger partial charge in [-0.15, -0.1) is 0 Å². The normalized spacial score (nSPS) is 16.0. The maximum absolute atomic E-state index is 12.4. The second-order valence-electron chi connectivity index (χ2n) is 6.05. The Balaban J connectivity index is 1.81. The predicted octanol–water partition coefficient (Wildman–Crippen LogP) is 3.09. The molecule has 2 aromatic carbocycles. The summed E-state index contributed by atoms with van der Waals surface area (Å²) >= 11 is 5.84. The number of ether oxygens (including phenoxy) is 2. The van der Waals surface area contributed by atoms with Gasteiger partial charge < -0.3 is 9.47 Å². The van der Waals surface area contributed by atoms with E-state index in [4.69, 9.17) is 21.1 Å². The number of hydrogen-bond acceptors (Lipinski definition) is 5. The molecule has 0 saturated heterocycles. The van der Waals surface area contributed by atoms with Crippen LogP contribution in [0.4, 0.5) is 0 Å². The Kier molecular flexibility index (Phi) is 6.16. The number of amides is 2. The van der Waals surface area contributed by atoms with E-state index in [1.807, 2.05) is 13.0 Å². The summed E-state index contributed by atoms with van der Waals surface area (Å²) in [5.41, 5.74) is 1.19. The highest BCUT2D eigenvalue weighted by Gasteiger charge is 2.24. The number of guanidine groups is 1. The van der Waals surface area contributed by atoms with Gasteiger partial charge in [0, 0.05) is 10.6 Å². The van der Waals surface area contributed by atoms with Crippen LogP contribution < -0.4 is 20.1 Å². The molecule has 0 aromatic heterocycles. The first-order valence-corrected chi connectivity index (χ1v) is 9.13. The van der Waals surface area contributed by atoms with E-state index >= 15 is 0 Å². The van der Waals surface area contributed by atoms with E-state index in [-0.39, 0.29) is 24.2 Å². The van der Waals surface area contributed by atoms with E-state index in [1.54, 1.807) is 43.5 Å². The monoisotopic (exact) mass is 401 g/mol. The van der Waals surface area contributed by atoms with Gasteiger partial charge in [-0.2, -0.15) is 0 Å². The molecule has 8 heteroatoms. The number of halogens is 1. The third-order valence-corrected chi connectivity index (χ3v) is 4.38. The first kappa shape index (κ1) is 19.7. The summed E-state index contributed by atoms with van der Waals surface area (Å²) in [4.78, 5) is 29.0. The third kappa shape index (κ3) is 4.61. The summed E-state index contributed by atoms with van der Waals surface area (Å²) < 4.78 is 10.9. The Morgan fingerprint density at radius 3 is 2.68 bits per heavy atom. The first-order valence-electron chi connectivity index (χ1n) is 8.75. The van der Waals surface area contributed by atoms with Crippen LogP contribution in [0.3, 0.4) is 0 Å². The van der Waals surface area contributed by atoms with Crippen LogP contribution in [0.1, 0.15) is 35.3 Å². The van der Waals surface area contributed by atoms with Crippen molar-refractivity contribution in [2.45, 2.75) is 19.4 Å². The molecule has 0 radical (unpaired) electrons. The molecule has 2 aromatic rings. The Morgan fingerprint density at radius 2 is 2.00 bits per heavy atom. The number of nitrogens with zero attached hydrogens (tertiary/aromatic N) is 1. The fourth-order valence-electron chi connectivity index (χ4n) is 2.80. The molecule has 0 bridgehead atoms. The zero-order valence-corrected chi connectivity index (χ0v) is 16.2. The molecule has 28 heavy (non-hydrogen) atoms. The number of carbonyl (C=O) groups is 2. The lowest BCUT2D eigenvalue weighted by Gasteiger charge is -2.22. The lowest BCUT2D eigenvalue weighted by molar-refractivity contribution is -0.120. The molecule has 146 valence electrons. The van der Waals surface area contributed by atoms with Crippen LogP contribution in [0.2, 0.25) is 5.02 Å². The smallest absolute Gasteiger partial charge is 0.257 e. The van der Waals surface area contributed by atoms with E-state index in [2.05, 4.69) is 15.6 Å². The predicted molar refractivity (Wildman–Crippen MR) is 106 cm³/mol. The fraction of sp³-hybridized carbons (Fsp3) is 0.250. The minimum atomic E-state index is -0.446. The van der Waals surface area contributed by atoms with E-state index in [0.717, 1.165) is 5.56 Å². The molecule has 0 saturated carbocycles. The molecule has 1 aliphatic heterocycles. The molecule has 1 atom stereocenters. The van der Waals surface area contributed by atoms with Crippen molar-refractivity contribution in [1.82, 2.24) is 10.6 Å². The molecule has 0 spiro atoms. The molecule has 1 aliphatic rings. The second-order valence-corrected chi connectivity index (χ2v) is 6.49. The van der Waals surface area contributed by atoms with Crippen LogP contribution in [0, 0.1) is 0 Å². The average Bonchev–Trinajstić information content (AvgIpc) is 2.68. The van der Waals surface area contributed by atoms with E-state index in [0.29, 0.717) is 28.7 Å². The van der Waals surface area contributed by atoms with Crippen molar-refractivity contribution in [1.29, 1.82) is 0 Å². The van der Waals surface area contributed by atoms with Gasteiger partial charge in [0.05, 0.1) is 26.2 Å². The summed E-state index contributed by atoms with van der Waals surface area (Å²) in [6, 6.07) is 11.4. The largest absolute Gasteiger partial charge is 0.493 e. The lowest BCUT2D eigenvalue weighted by atomic mass is 10.0. The number of carbonyl (C=O) groups excluding carboxylic acids is 2. The van der Waals surface area contributed by atoms with Crippen LogP contribution in [-0.4, -0.2) is 31.5 Å². The molecule has 0 fully saturated rings. The summed E-state index contributed by atoms with van der Waals surface area (Å²) in [6.07, 6.45) is 0.164. The van der Waals surface area contributed by atoms with Crippen molar-refractivity contribution in [2.75, 3.05) is 13.7 Å². The quantitative estimate of drug-likeness (QED) is 0.805. The number of hydrogen-bond donors (Lipinski definition) is 2. The summed E-state index contributed by atoms with van der Waals surface area (Å²) in [7, 11) is 1.55. The van der Waals surface area contributed by atoms with Crippen LogP contribution in [0.25, 0.3) is 0 Å². The van der Waals surface area contributed by atoms with Crippen LogP contribution in [-0.2, 0) is 4.79 Å². The number of benzene rings is 2.